The first kappa shape index (κ1) is 22.9. The van der Waals surface area contributed by atoms with Crippen LogP contribution in [-0.4, -0.2) is 39.7 Å². The largest absolute Gasteiger partial charge is 0.454 e. The smallest absolute Gasteiger partial charge is 0.349 e. The van der Waals surface area contributed by atoms with Crippen molar-refractivity contribution in [3.8, 4) is 11.5 Å². The predicted molar refractivity (Wildman–Crippen MR) is 130 cm³/mol. The van der Waals surface area contributed by atoms with E-state index in [0.29, 0.717) is 39.5 Å². The Morgan fingerprint density at radius 1 is 1.14 bits per heavy atom. The van der Waals surface area contributed by atoms with Crippen LogP contribution in [0.1, 0.15) is 48.4 Å². The highest BCUT2D eigenvalue weighted by Gasteiger charge is 2.23. The van der Waals surface area contributed by atoms with Crippen molar-refractivity contribution in [1.82, 2.24) is 14.5 Å². The molecule has 0 atom stereocenters. The van der Waals surface area contributed by atoms with Gasteiger partial charge in [-0.3, -0.25) is 9.59 Å². The van der Waals surface area contributed by atoms with Crippen LogP contribution in [0.5, 0.6) is 11.5 Å². The van der Waals surface area contributed by atoms with Gasteiger partial charge in [-0.25, -0.2) is 9.78 Å². The zero-order valence-corrected chi connectivity index (χ0v) is 20.5. The summed E-state index contributed by atoms with van der Waals surface area (Å²) in [4.78, 5) is 45.6. The molecule has 180 valence electrons. The maximum Gasteiger partial charge on any atom is 0.349 e. The molecule has 1 N–H and O–H groups in total. The van der Waals surface area contributed by atoms with Crippen molar-refractivity contribution < 1.29 is 23.8 Å². The van der Waals surface area contributed by atoms with Gasteiger partial charge in [0.15, 0.2) is 18.1 Å². The summed E-state index contributed by atoms with van der Waals surface area (Å²) in [5.74, 6) is 0.947. The second kappa shape index (κ2) is 8.70. The standard InChI is InChI=1S/C25H23N3O6S/c1-12-7-17(14(3)28(12)9-16-5-6-19-20(8-16)34-11-33-19)18(29)10-32-25(31)22-13(2)21-23(30)26-15(4)27-24(21)35-22/h5-8H,9-11H2,1-4H3,(H,26,27,30). The van der Waals surface area contributed by atoms with E-state index in [1.807, 2.05) is 36.6 Å². The van der Waals surface area contributed by atoms with Gasteiger partial charge in [-0.1, -0.05) is 6.07 Å². The van der Waals surface area contributed by atoms with E-state index in [1.54, 1.807) is 19.9 Å². The molecule has 1 aromatic carbocycles. The molecule has 0 aliphatic carbocycles. The number of esters is 1. The number of aromatic amines is 1. The van der Waals surface area contributed by atoms with E-state index in [4.69, 9.17) is 14.2 Å². The molecule has 4 heterocycles. The number of fused-ring (bicyclic) bond motifs is 2. The van der Waals surface area contributed by atoms with Gasteiger partial charge in [-0.2, -0.15) is 0 Å². The zero-order valence-electron chi connectivity index (χ0n) is 19.7. The van der Waals surface area contributed by atoms with Crippen molar-refractivity contribution in [3.05, 3.63) is 73.4 Å². The van der Waals surface area contributed by atoms with Crippen molar-refractivity contribution in [2.45, 2.75) is 34.2 Å². The Bertz CT molecular complexity index is 1560. The quantitative estimate of drug-likeness (QED) is 0.321. The minimum atomic E-state index is -0.648. The molecule has 0 saturated heterocycles. The molecule has 1 aliphatic rings. The monoisotopic (exact) mass is 493 g/mol. The number of thiophene rings is 1. The van der Waals surface area contributed by atoms with E-state index in [-0.39, 0.29) is 23.0 Å². The summed E-state index contributed by atoms with van der Waals surface area (Å²) in [6.45, 7) is 7.52. The van der Waals surface area contributed by atoms with Crippen LogP contribution in [0.25, 0.3) is 10.2 Å². The van der Waals surface area contributed by atoms with Crippen molar-refractivity contribution in [2.75, 3.05) is 13.4 Å². The van der Waals surface area contributed by atoms with Crippen LogP contribution in [0.15, 0.2) is 29.1 Å². The van der Waals surface area contributed by atoms with Crippen molar-refractivity contribution in [3.63, 3.8) is 0 Å². The van der Waals surface area contributed by atoms with Crippen LogP contribution in [0.3, 0.4) is 0 Å². The summed E-state index contributed by atoms with van der Waals surface area (Å²) in [6.07, 6.45) is 0. The Morgan fingerprint density at radius 2 is 1.91 bits per heavy atom. The number of carbonyl (C=O) groups excluding carboxylic acids is 2. The number of aromatic nitrogens is 3. The lowest BCUT2D eigenvalue weighted by atomic mass is 10.1. The maximum atomic E-state index is 12.9. The molecule has 0 saturated carbocycles. The van der Waals surface area contributed by atoms with E-state index in [1.165, 1.54) is 0 Å². The van der Waals surface area contributed by atoms with E-state index in [0.717, 1.165) is 34.0 Å². The molecule has 0 fully saturated rings. The molecule has 0 amide bonds. The molecule has 5 rings (SSSR count). The normalized spacial score (nSPS) is 12.3. The molecule has 4 aromatic rings. The van der Waals surface area contributed by atoms with E-state index in [9.17, 15) is 14.4 Å². The SMILES string of the molecule is Cc1nc2sc(C(=O)OCC(=O)c3cc(C)n(Cc4ccc5c(c4)OCO5)c3C)c(C)c2c(=O)[nH]1. The fourth-order valence-electron chi connectivity index (χ4n) is 4.27. The lowest BCUT2D eigenvalue weighted by Crippen LogP contribution is -2.15. The molecular weight excluding hydrogens is 470 g/mol. The molecule has 10 heteroatoms. The van der Waals surface area contributed by atoms with Crippen LogP contribution < -0.4 is 15.0 Å². The number of Topliss-reactive ketones (excluding diaryl/α,β-unsaturated/α-hetero) is 1. The topological polar surface area (TPSA) is 113 Å². The van der Waals surface area contributed by atoms with E-state index < -0.39 is 12.6 Å². The summed E-state index contributed by atoms with van der Waals surface area (Å²) in [5.41, 5.74) is 3.41. The predicted octanol–water partition coefficient (Wildman–Crippen LogP) is 3.84. The second-order valence-corrected chi connectivity index (χ2v) is 9.44. The number of hydrogen-bond donors (Lipinski definition) is 1. The lowest BCUT2D eigenvalue weighted by Gasteiger charge is -2.11. The third-order valence-corrected chi connectivity index (χ3v) is 7.26. The second-order valence-electron chi connectivity index (χ2n) is 8.45. The van der Waals surface area contributed by atoms with Crippen molar-refractivity contribution in [2.24, 2.45) is 0 Å². The number of ether oxygens (including phenoxy) is 3. The van der Waals surface area contributed by atoms with Gasteiger partial charge in [0.25, 0.3) is 5.56 Å². The summed E-state index contributed by atoms with van der Waals surface area (Å²) < 4.78 is 18.2. The van der Waals surface area contributed by atoms with Gasteiger partial charge in [0.1, 0.15) is 15.5 Å². The Morgan fingerprint density at radius 3 is 2.71 bits per heavy atom. The lowest BCUT2D eigenvalue weighted by molar-refractivity contribution is 0.0479. The molecule has 3 aromatic heterocycles. The molecule has 35 heavy (non-hydrogen) atoms. The fourth-order valence-corrected chi connectivity index (χ4v) is 5.39. The van der Waals surface area contributed by atoms with Gasteiger partial charge in [0, 0.05) is 23.5 Å². The number of benzene rings is 1. The zero-order chi connectivity index (χ0) is 24.9. The first-order valence-corrected chi connectivity index (χ1v) is 11.8. The summed E-state index contributed by atoms with van der Waals surface area (Å²) in [5, 5.41) is 0.367. The van der Waals surface area contributed by atoms with Crippen LogP contribution in [0.2, 0.25) is 0 Å². The number of H-pyrrole nitrogens is 1. The van der Waals surface area contributed by atoms with Gasteiger partial charge in [-0.05, 0) is 57.0 Å². The molecule has 0 radical (unpaired) electrons. The summed E-state index contributed by atoms with van der Waals surface area (Å²) in [6, 6.07) is 7.57. The summed E-state index contributed by atoms with van der Waals surface area (Å²) in [7, 11) is 0. The van der Waals surface area contributed by atoms with Crippen LogP contribution in [0.4, 0.5) is 0 Å². The van der Waals surface area contributed by atoms with Gasteiger partial charge in [0.05, 0.1) is 5.39 Å². The number of nitrogens with zero attached hydrogens (tertiary/aromatic N) is 2. The Balaban J connectivity index is 1.31. The number of aryl methyl sites for hydroxylation is 3. The summed E-state index contributed by atoms with van der Waals surface area (Å²) >= 11 is 1.09. The number of hydrogen-bond acceptors (Lipinski definition) is 8. The minimum absolute atomic E-state index is 0.214. The number of carbonyl (C=O) groups is 2. The molecular formula is C25H23N3O6S. The molecule has 9 nitrogen and oxygen atoms in total. The van der Waals surface area contributed by atoms with Gasteiger partial charge >= 0.3 is 5.97 Å². The van der Waals surface area contributed by atoms with Gasteiger partial charge < -0.3 is 23.8 Å². The fraction of sp³-hybridized carbons (Fsp3) is 0.280. The number of ketones is 1. The van der Waals surface area contributed by atoms with Crippen LogP contribution >= 0.6 is 11.3 Å². The van der Waals surface area contributed by atoms with E-state index in [2.05, 4.69) is 9.97 Å². The Kier molecular flexibility index (Phi) is 5.68. The average Bonchev–Trinajstić information content (AvgIpc) is 3.49. The Labute approximate surface area is 204 Å². The van der Waals surface area contributed by atoms with Gasteiger partial charge in [0.2, 0.25) is 12.6 Å². The van der Waals surface area contributed by atoms with E-state index >= 15 is 0 Å². The van der Waals surface area contributed by atoms with Crippen molar-refractivity contribution >= 4 is 33.3 Å². The highest BCUT2D eigenvalue weighted by molar-refractivity contribution is 7.20. The molecule has 0 spiro atoms. The highest BCUT2D eigenvalue weighted by Crippen LogP contribution is 2.33. The van der Waals surface area contributed by atoms with Crippen LogP contribution in [0, 0.1) is 27.7 Å². The van der Waals surface area contributed by atoms with Crippen LogP contribution in [-0.2, 0) is 11.3 Å². The minimum Gasteiger partial charge on any atom is -0.454 e. The van der Waals surface area contributed by atoms with Crippen molar-refractivity contribution in [1.29, 1.82) is 0 Å². The van der Waals surface area contributed by atoms with Gasteiger partial charge in [-0.15, -0.1) is 11.3 Å². The first-order chi connectivity index (χ1) is 16.7. The average molecular weight is 494 g/mol. The first-order valence-electron chi connectivity index (χ1n) is 11.0. The third kappa shape index (κ3) is 4.10. The maximum absolute atomic E-state index is 12.9. The molecule has 0 bridgehead atoms. The number of nitrogens with one attached hydrogen (secondary N) is 1. The third-order valence-electron chi connectivity index (χ3n) is 6.09. The molecule has 1 aliphatic heterocycles. The molecule has 0 unspecified atom stereocenters. The highest BCUT2D eigenvalue weighted by atomic mass is 32.1. The Hall–Kier alpha value is -3.92. The number of rotatable bonds is 6.